The molecular formula is C29H41FN6OS. The van der Waals surface area contributed by atoms with Crippen LogP contribution >= 0.6 is 12.2 Å². The highest BCUT2D eigenvalue weighted by atomic mass is 32.1. The summed E-state index contributed by atoms with van der Waals surface area (Å²) < 4.78 is 19.2. The summed E-state index contributed by atoms with van der Waals surface area (Å²) in [6.45, 7) is 10.3. The van der Waals surface area contributed by atoms with Crippen LogP contribution < -0.4 is 20.4 Å². The van der Waals surface area contributed by atoms with E-state index in [4.69, 9.17) is 26.9 Å². The maximum atomic E-state index is 13.6. The van der Waals surface area contributed by atoms with E-state index < -0.39 is 0 Å². The number of thiocarbonyl (C=S) groups is 1. The number of ether oxygens (including phenoxy) is 1. The summed E-state index contributed by atoms with van der Waals surface area (Å²) in [7, 11) is 0. The molecule has 3 aliphatic rings. The van der Waals surface area contributed by atoms with Crippen LogP contribution in [0.2, 0.25) is 0 Å². The van der Waals surface area contributed by atoms with Gasteiger partial charge in [-0.1, -0.05) is 45.2 Å². The van der Waals surface area contributed by atoms with E-state index in [1.54, 1.807) is 12.1 Å². The quantitative estimate of drug-likeness (QED) is 0.490. The predicted octanol–water partition coefficient (Wildman–Crippen LogP) is 5.12. The Hall–Kier alpha value is -2.52. The van der Waals surface area contributed by atoms with Crippen LogP contribution in [0.4, 0.5) is 22.0 Å². The van der Waals surface area contributed by atoms with Crippen LogP contribution in [0, 0.1) is 17.7 Å². The lowest BCUT2D eigenvalue weighted by Crippen LogP contribution is -2.44. The molecule has 0 unspecified atom stereocenters. The van der Waals surface area contributed by atoms with Crippen LogP contribution in [0.5, 0.6) is 0 Å². The molecule has 1 aliphatic carbocycles. The number of hydrogen-bond donors (Lipinski definition) is 2. The maximum absolute atomic E-state index is 13.6. The van der Waals surface area contributed by atoms with Gasteiger partial charge in [-0.05, 0) is 61.0 Å². The molecule has 1 aromatic heterocycles. The zero-order chi connectivity index (χ0) is 26.5. The Kier molecular flexibility index (Phi) is 8.63. The lowest BCUT2D eigenvalue weighted by atomic mass is 9.69. The molecule has 2 aromatic rings. The number of piperidine rings is 1. The molecule has 2 saturated heterocycles. The molecule has 9 heteroatoms. The van der Waals surface area contributed by atoms with Gasteiger partial charge in [-0.15, -0.1) is 0 Å². The molecule has 2 aliphatic heterocycles. The van der Waals surface area contributed by atoms with Crippen molar-refractivity contribution in [1.29, 1.82) is 0 Å². The maximum Gasteiger partial charge on any atom is 0.232 e. The first-order valence-electron chi connectivity index (χ1n) is 14.2. The Morgan fingerprint density at radius 3 is 2.29 bits per heavy atom. The van der Waals surface area contributed by atoms with Gasteiger partial charge in [0.05, 0.1) is 13.2 Å². The Labute approximate surface area is 231 Å². The van der Waals surface area contributed by atoms with Crippen molar-refractivity contribution in [3.8, 4) is 0 Å². The molecule has 3 fully saturated rings. The molecule has 5 rings (SSSR count). The zero-order valence-corrected chi connectivity index (χ0v) is 23.5. The SMILES string of the molecule is C[C@@H]1C[C@@H](C)CN(c2cc(N3CCOCC3)nc(NC(=S)NCC3(c4ccc(F)cc4)CCCCC3)n2)C1. The number of nitrogens with zero attached hydrogens (tertiary/aromatic N) is 4. The second kappa shape index (κ2) is 12.1. The van der Waals surface area contributed by atoms with Crippen molar-refractivity contribution in [2.45, 2.75) is 57.8 Å². The molecule has 2 atom stereocenters. The molecular weight excluding hydrogens is 499 g/mol. The number of anilines is 3. The Morgan fingerprint density at radius 2 is 1.63 bits per heavy atom. The van der Waals surface area contributed by atoms with Gasteiger partial charge in [0.2, 0.25) is 5.95 Å². The minimum atomic E-state index is -0.199. The molecule has 2 N–H and O–H groups in total. The zero-order valence-electron chi connectivity index (χ0n) is 22.7. The first-order chi connectivity index (χ1) is 18.4. The average molecular weight is 541 g/mol. The topological polar surface area (TPSA) is 65.6 Å². The third-order valence-electron chi connectivity index (χ3n) is 8.31. The minimum absolute atomic E-state index is 0.0561. The molecule has 0 spiro atoms. The van der Waals surface area contributed by atoms with Crippen molar-refractivity contribution in [2.24, 2.45) is 11.8 Å². The summed E-state index contributed by atoms with van der Waals surface area (Å²) in [5.74, 6) is 3.42. The smallest absolute Gasteiger partial charge is 0.232 e. The molecule has 1 aromatic carbocycles. The predicted molar refractivity (Wildman–Crippen MR) is 156 cm³/mol. The second-order valence-electron chi connectivity index (χ2n) is 11.5. The van der Waals surface area contributed by atoms with Gasteiger partial charge in [0.1, 0.15) is 17.5 Å². The molecule has 0 bridgehead atoms. The molecule has 38 heavy (non-hydrogen) atoms. The summed E-state index contributed by atoms with van der Waals surface area (Å²) in [5, 5.41) is 7.28. The summed E-state index contributed by atoms with van der Waals surface area (Å²) in [6, 6.07) is 9.11. The summed E-state index contributed by atoms with van der Waals surface area (Å²) in [4.78, 5) is 14.4. The number of rotatable bonds is 6. The second-order valence-corrected chi connectivity index (χ2v) is 11.9. The lowest BCUT2D eigenvalue weighted by molar-refractivity contribution is 0.122. The number of nitrogens with one attached hydrogen (secondary N) is 2. The van der Waals surface area contributed by atoms with Gasteiger partial charge >= 0.3 is 0 Å². The fourth-order valence-corrected chi connectivity index (χ4v) is 6.60. The van der Waals surface area contributed by atoms with E-state index in [0.717, 1.165) is 50.7 Å². The summed E-state index contributed by atoms with van der Waals surface area (Å²) in [6.07, 6.45) is 6.94. The van der Waals surface area contributed by atoms with Crippen LogP contribution in [-0.2, 0) is 10.2 Å². The van der Waals surface area contributed by atoms with Crippen molar-refractivity contribution in [2.75, 3.05) is 61.1 Å². The Balaban J connectivity index is 1.33. The van der Waals surface area contributed by atoms with Crippen LogP contribution in [0.15, 0.2) is 30.3 Å². The molecule has 0 radical (unpaired) electrons. The third-order valence-corrected chi connectivity index (χ3v) is 8.55. The molecule has 206 valence electrons. The number of halogens is 1. The largest absolute Gasteiger partial charge is 0.378 e. The summed E-state index contributed by atoms with van der Waals surface area (Å²) in [5.41, 5.74) is 1.12. The van der Waals surface area contributed by atoms with E-state index in [0.29, 0.717) is 42.7 Å². The normalized spacial score (nSPS) is 23.7. The van der Waals surface area contributed by atoms with E-state index in [-0.39, 0.29) is 11.2 Å². The standard InChI is InChI=1S/C29H41FN6OS/c1-21-16-22(2)19-36(18-21)26-17-25(35-12-14-37-15-13-35)32-27(33-26)34-28(38)31-20-29(10-4-3-5-11-29)23-6-8-24(30)9-7-23/h6-9,17,21-22H,3-5,10-16,18-20H2,1-2H3,(H2,31,32,33,34,38)/t21-,22-/m1/s1. The van der Waals surface area contributed by atoms with E-state index in [1.165, 1.54) is 31.2 Å². The fraction of sp³-hybridized carbons (Fsp3) is 0.621. The van der Waals surface area contributed by atoms with Crippen molar-refractivity contribution in [3.63, 3.8) is 0 Å². The number of benzene rings is 1. The van der Waals surface area contributed by atoms with Crippen LogP contribution in [0.25, 0.3) is 0 Å². The van der Waals surface area contributed by atoms with Gasteiger partial charge in [-0.3, -0.25) is 0 Å². The van der Waals surface area contributed by atoms with Crippen LogP contribution in [-0.4, -0.2) is 61.0 Å². The molecule has 7 nitrogen and oxygen atoms in total. The van der Waals surface area contributed by atoms with Gasteiger partial charge in [0.25, 0.3) is 0 Å². The Bertz CT molecular complexity index is 1080. The molecule has 1 saturated carbocycles. The van der Waals surface area contributed by atoms with Gasteiger partial charge in [-0.2, -0.15) is 9.97 Å². The Morgan fingerprint density at radius 1 is 1.00 bits per heavy atom. The lowest BCUT2D eigenvalue weighted by Gasteiger charge is -2.38. The highest BCUT2D eigenvalue weighted by Crippen LogP contribution is 2.39. The van der Waals surface area contributed by atoms with Crippen molar-refractivity contribution >= 4 is 34.9 Å². The monoisotopic (exact) mass is 540 g/mol. The first-order valence-corrected chi connectivity index (χ1v) is 14.6. The van der Waals surface area contributed by atoms with Crippen LogP contribution in [0.1, 0.15) is 57.9 Å². The fourth-order valence-electron chi connectivity index (χ4n) is 6.44. The van der Waals surface area contributed by atoms with Gasteiger partial charge < -0.3 is 25.2 Å². The third kappa shape index (κ3) is 6.54. The highest BCUT2D eigenvalue weighted by Gasteiger charge is 2.34. The van der Waals surface area contributed by atoms with Crippen molar-refractivity contribution in [3.05, 3.63) is 41.7 Å². The van der Waals surface area contributed by atoms with E-state index in [1.807, 2.05) is 12.1 Å². The van der Waals surface area contributed by atoms with E-state index >= 15 is 0 Å². The number of morpholine rings is 1. The van der Waals surface area contributed by atoms with Gasteiger partial charge in [-0.25, -0.2) is 4.39 Å². The average Bonchev–Trinajstić information content (AvgIpc) is 2.92. The van der Waals surface area contributed by atoms with Gasteiger partial charge in [0, 0.05) is 44.2 Å². The molecule has 0 amide bonds. The van der Waals surface area contributed by atoms with E-state index in [2.05, 4.69) is 40.3 Å². The van der Waals surface area contributed by atoms with Crippen molar-refractivity contribution < 1.29 is 9.13 Å². The van der Waals surface area contributed by atoms with Gasteiger partial charge in [0.15, 0.2) is 5.11 Å². The number of hydrogen-bond acceptors (Lipinski definition) is 6. The van der Waals surface area contributed by atoms with E-state index in [9.17, 15) is 4.39 Å². The molecule has 3 heterocycles. The first kappa shape index (κ1) is 27.1. The van der Waals surface area contributed by atoms with Crippen LogP contribution in [0.3, 0.4) is 0 Å². The number of aromatic nitrogens is 2. The minimum Gasteiger partial charge on any atom is -0.378 e. The van der Waals surface area contributed by atoms with Crippen molar-refractivity contribution in [1.82, 2.24) is 15.3 Å². The highest BCUT2D eigenvalue weighted by molar-refractivity contribution is 7.80. The summed E-state index contributed by atoms with van der Waals surface area (Å²) >= 11 is 5.75.